The fourth-order valence-corrected chi connectivity index (χ4v) is 2.48. The first-order valence-electron chi connectivity index (χ1n) is 6.21. The smallest absolute Gasteiger partial charge is 0.115 e. The highest BCUT2D eigenvalue weighted by Crippen LogP contribution is 2.23. The fourth-order valence-electron chi connectivity index (χ4n) is 2.48. The van der Waals surface area contributed by atoms with Crippen LogP contribution < -0.4 is 5.32 Å². The molecule has 2 rings (SSSR count). The molecule has 3 nitrogen and oxygen atoms in total. The van der Waals surface area contributed by atoms with E-state index in [4.69, 9.17) is 0 Å². The summed E-state index contributed by atoms with van der Waals surface area (Å²) in [4.78, 5) is 8.84. The molecule has 0 radical (unpaired) electrons. The Balaban J connectivity index is 2.18. The van der Waals surface area contributed by atoms with Crippen molar-refractivity contribution in [2.24, 2.45) is 5.92 Å². The Hall–Kier alpha value is -0.960. The largest absolute Gasteiger partial charge is 0.316 e. The van der Waals surface area contributed by atoms with Gasteiger partial charge in [0.25, 0.3) is 0 Å². The standard InChI is InChI=1S/C13H21N3/c1-9(2)12(14-3)7-13-10-5-4-6-11(10)15-8-16-13/h8-9,12,14H,4-7H2,1-3H3. The Morgan fingerprint density at radius 2 is 2.12 bits per heavy atom. The maximum absolute atomic E-state index is 4.47. The van der Waals surface area contributed by atoms with Gasteiger partial charge in [0.05, 0.1) is 0 Å². The van der Waals surface area contributed by atoms with E-state index < -0.39 is 0 Å². The zero-order chi connectivity index (χ0) is 11.5. The van der Waals surface area contributed by atoms with Crippen LogP contribution in [0.4, 0.5) is 0 Å². The average molecular weight is 219 g/mol. The second-order valence-corrected chi connectivity index (χ2v) is 4.94. The molecule has 0 saturated heterocycles. The Labute approximate surface area is 97.7 Å². The van der Waals surface area contributed by atoms with Crippen molar-refractivity contribution in [2.75, 3.05) is 7.05 Å². The molecule has 3 heteroatoms. The van der Waals surface area contributed by atoms with Gasteiger partial charge >= 0.3 is 0 Å². The Kier molecular flexibility index (Phi) is 3.54. The number of nitrogens with one attached hydrogen (secondary N) is 1. The molecule has 0 aliphatic heterocycles. The van der Waals surface area contributed by atoms with E-state index in [0.29, 0.717) is 12.0 Å². The van der Waals surface area contributed by atoms with Crippen molar-refractivity contribution in [3.8, 4) is 0 Å². The topological polar surface area (TPSA) is 37.8 Å². The molecule has 0 bridgehead atoms. The minimum absolute atomic E-state index is 0.514. The Morgan fingerprint density at radius 3 is 2.81 bits per heavy atom. The first-order valence-corrected chi connectivity index (χ1v) is 6.21. The summed E-state index contributed by atoms with van der Waals surface area (Å²) >= 11 is 0. The van der Waals surface area contributed by atoms with Crippen LogP contribution in [0.3, 0.4) is 0 Å². The number of rotatable bonds is 4. The Bertz CT molecular complexity index is 360. The van der Waals surface area contributed by atoms with Crippen LogP contribution in [0.1, 0.15) is 37.2 Å². The van der Waals surface area contributed by atoms with E-state index in [0.717, 1.165) is 12.8 Å². The highest BCUT2D eigenvalue weighted by Gasteiger charge is 2.20. The van der Waals surface area contributed by atoms with E-state index in [1.807, 2.05) is 7.05 Å². The maximum atomic E-state index is 4.47. The number of hydrogen-bond acceptors (Lipinski definition) is 3. The van der Waals surface area contributed by atoms with Gasteiger partial charge in [-0.1, -0.05) is 13.8 Å². The monoisotopic (exact) mass is 219 g/mol. The highest BCUT2D eigenvalue weighted by atomic mass is 14.9. The lowest BCUT2D eigenvalue weighted by Crippen LogP contribution is -2.33. The second kappa shape index (κ2) is 4.91. The van der Waals surface area contributed by atoms with Crippen molar-refractivity contribution in [1.82, 2.24) is 15.3 Å². The maximum Gasteiger partial charge on any atom is 0.115 e. The number of fused-ring (bicyclic) bond motifs is 1. The van der Waals surface area contributed by atoms with E-state index in [1.54, 1.807) is 6.33 Å². The molecular weight excluding hydrogens is 198 g/mol. The molecule has 1 aromatic heterocycles. The molecule has 1 N–H and O–H groups in total. The summed E-state index contributed by atoms with van der Waals surface area (Å²) in [6.45, 7) is 4.51. The predicted molar refractivity (Wildman–Crippen MR) is 65.4 cm³/mol. The van der Waals surface area contributed by atoms with Crippen LogP contribution in [0.5, 0.6) is 0 Å². The summed E-state index contributed by atoms with van der Waals surface area (Å²) in [5, 5.41) is 3.38. The lowest BCUT2D eigenvalue weighted by atomic mass is 9.97. The number of likely N-dealkylation sites (N-methyl/N-ethyl adjacent to an activating group) is 1. The van der Waals surface area contributed by atoms with Crippen LogP contribution >= 0.6 is 0 Å². The molecule has 88 valence electrons. The molecule has 0 spiro atoms. The van der Waals surface area contributed by atoms with Gasteiger partial charge in [-0.25, -0.2) is 9.97 Å². The summed E-state index contributed by atoms with van der Waals surface area (Å²) in [6.07, 6.45) is 6.30. The lowest BCUT2D eigenvalue weighted by Gasteiger charge is -2.20. The van der Waals surface area contributed by atoms with Gasteiger partial charge in [-0.3, -0.25) is 0 Å². The van der Waals surface area contributed by atoms with E-state index in [1.165, 1.54) is 29.8 Å². The molecular formula is C13H21N3. The third-order valence-electron chi connectivity index (χ3n) is 3.55. The van der Waals surface area contributed by atoms with Gasteiger partial charge in [-0.2, -0.15) is 0 Å². The van der Waals surface area contributed by atoms with Crippen LogP contribution in [0.2, 0.25) is 0 Å². The molecule has 0 fully saturated rings. The predicted octanol–water partition coefficient (Wildman–Crippen LogP) is 1.75. The van der Waals surface area contributed by atoms with Gasteiger partial charge < -0.3 is 5.32 Å². The molecule has 1 unspecified atom stereocenters. The van der Waals surface area contributed by atoms with Crippen LogP contribution in [-0.4, -0.2) is 23.1 Å². The Morgan fingerprint density at radius 1 is 1.31 bits per heavy atom. The normalized spacial score (nSPS) is 16.5. The molecule has 1 aliphatic rings. The summed E-state index contributed by atoms with van der Waals surface area (Å²) < 4.78 is 0. The summed E-state index contributed by atoms with van der Waals surface area (Å²) in [6, 6.07) is 0.514. The lowest BCUT2D eigenvalue weighted by molar-refractivity contribution is 0.420. The van der Waals surface area contributed by atoms with Crippen LogP contribution in [0.25, 0.3) is 0 Å². The van der Waals surface area contributed by atoms with Gasteiger partial charge in [0.1, 0.15) is 6.33 Å². The molecule has 1 aliphatic carbocycles. The van der Waals surface area contributed by atoms with Crippen LogP contribution in [0, 0.1) is 5.92 Å². The first kappa shape index (κ1) is 11.5. The van der Waals surface area contributed by atoms with Crippen molar-refractivity contribution >= 4 is 0 Å². The first-order chi connectivity index (χ1) is 7.72. The van der Waals surface area contributed by atoms with Gasteiger partial charge in [0.15, 0.2) is 0 Å². The molecule has 0 saturated carbocycles. The van der Waals surface area contributed by atoms with Crippen LogP contribution in [-0.2, 0) is 19.3 Å². The van der Waals surface area contributed by atoms with Gasteiger partial charge in [-0.05, 0) is 37.8 Å². The minimum Gasteiger partial charge on any atom is -0.316 e. The van der Waals surface area contributed by atoms with E-state index in [-0.39, 0.29) is 0 Å². The SMILES string of the molecule is CNC(Cc1ncnc2c1CCC2)C(C)C. The zero-order valence-corrected chi connectivity index (χ0v) is 10.5. The van der Waals surface area contributed by atoms with E-state index in [9.17, 15) is 0 Å². The molecule has 1 heterocycles. The summed E-state index contributed by atoms with van der Waals surface area (Å²) in [5.41, 5.74) is 3.96. The van der Waals surface area contributed by atoms with Crippen LogP contribution in [0.15, 0.2) is 6.33 Å². The summed E-state index contributed by atoms with van der Waals surface area (Å²) in [7, 11) is 2.03. The molecule has 1 aromatic rings. The molecule has 16 heavy (non-hydrogen) atoms. The fraction of sp³-hybridized carbons (Fsp3) is 0.692. The quantitative estimate of drug-likeness (QED) is 0.838. The summed E-state index contributed by atoms with van der Waals surface area (Å²) in [5.74, 6) is 0.636. The minimum atomic E-state index is 0.514. The number of aromatic nitrogens is 2. The van der Waals surface area contributed by atoms with Crippen molar-refractivity contribution in [2.45, 2.75) is 45.6 Å². The van der Waals surface area contributed by atoms with Gasteiger partial charge in [-0.15, -0.1) is 0 Å². The van der Waals surface area contributed by atoms with E-state index >= 15 is 0 Å². The average Bonchev–Trinajstić information content (AvgIpc) is 2.73. The van der Waals surface area contributed by atoms with Gasteiger partial charge in [0.2, 0.25) is 0 Å². The third-order valence-corrected chi connectivity index (χ3v) is 3.55. The number of nitrogens with zero attached hydrogens (tertiary/aromatic N) is 2. The molecule has 1 atom stereocenters. The van der Waals surface area contributed by atoms with E-state index in [2.05, 4.69) is 29.1 Å². The van der Waals surface area contributed by atoms with Crippen molar-refractivity contribution in [3.05, 3.63) is 23.3 Å². The van der Waals surface area contributed by atoms with Crippen molar-refractivity contribution in [3.63, 3.8) is 0 Å². The van der Waals surface area contributed by atoms with Crippen molar-refractivity contribution in [1.29, 1.82) is 0 Å². The number of aryl methyl sites for hydroxylation is 1. The van der Waals surface area contributed by atoms with Crippen molar-refractivity contribution < 1.29 is 0 Å². The second-order valence-electron chi connectivity index (χ2n) is 4.94. The number of hydrogen-bond donors (Lipinski definition) is 1. The zero-order valence-electron chi connectivity index (χ0n) is 10.5. The molecule has 0 amide bonds. The van der Waals surface area contributed by atoms with Gasteiger partial charge in [0, 0.05) is 23.9 Å². The molecule has 0 aromatic carbocycles. The third kappa shape index (κ3) is 2.24. The highest BCUT2D eigenvalue weighted by molar-refractivity contribution is 5.29.